The van der Waals surface area contributed by atoms with E-state index in [1.807, 2.05) is 0 Å². The fourth-order valence-electron chi connectivity index (χ4n) is 3.32. The van der Waals surface area contributed by atoms with Crippen LogP contribution >= 0.6 is 12.2 Å². The monoisotopic (exact) mass is 361 g/mol. The minimum absolute atomic E-state index is 0.193. The van der Waals surface area contributed by atoms with Crippen LogP contribution in [0.1, 0.15) is 43.0 Å². The number of amides is 1. The Hall–Kier alpha value is -1.99. The molecule has 1 saturated carbocycles. The zero-order valence-corrected chi connectivity index (χ0v) is 15.1. The fourth-order valence-corrected chi connectivity index (χ4v) is 3.52. The molecule has 0 saturated heterocycles. The van der Waals surface area contributed by atoms with Gasteiger partial charge in [0.25, 0.3) is 11.5 Å². The van der Waals surface area contributed by atoms with E-state index in [2.05, 4.69) is 22.2 Å². The van der Waals surface area contributed by atoms with Crippen LogP contribution in [-0.2, 0) is 4.74 Å². The predicted octanol–water partition coefficient (Wildman–Crippen LogP) is 2.91. The lowest BCUT2D eigenvalue weighted by Gasteiger charge is -2.28. The number of benzene rings is 1. The highest BCUT2D eigenvalue weighted by Crippen LogP contribution is 2.25. The molecule has 25 heavy (non-hydrogen) atoms. The van der Waals surface area contributed by atoms with E-state index in [9.17, 15) is 9.59 Å². The molecule has 3 N–H and O–H groups in total. The smallest absolute Gasteiger partial charge is 0.259 e. The van der Waals surface area contributed by atoms with Gasteiger partial charge in [-0.3, -0.25) is 14.6 Å². The van der Waals surface area contributed by atoms with E-state index < -0.39 is 0 Å². The summed E-state index contributed by atoms with van der Waals surface area (Å²) in [6, 6.07) is 4.89. The molecule has 0 aliphatic heterocycles. The Kier molecular flexibility index (Phi) is 5.65. The second-order valence-corrected chi connectivity index (χ2v) is 7.00. The molecule has 1 amide bonds. The molecule has 3 rings (SSSR count). The largest absolute Gasteiger partial charge is 0.376 e. The Balaban J connectivity index is 1.57. The van der Waals surface area contributed by atoms with Gasteiger partial charge < -0.3 is 15.0 Å². The second kappa shape index (κ2) is 7.93. The van der Waals surface area contributed by atoms with Crippen molar-refractivity contribution < 1.29 is 9.53 Å². The summed E-state index contributed by atoms with van der Waals surface area (Å²) < 4.78 is 6.14. The van der Waals surface area contributed by atoms with Crippen LogP contribution in [0.5, 0.6) is 0 Å². The average molecular weight is 361 g/mol. The summed E-state index contributed by atoms with van der Waals surface area (Å²) >= 11 is 4.96. The molecule has 6 nitrogen and oxygen atoms in total. The van der Waals surface area contributed by atoms with Crippen LogP contribution in [0.4, 0.5) is 0 Å². The van der Waals surface area contributed by atoms with Gasteiger partial charge in [0.15, 0.2) is 4.77 Å². The van der Waals surface area contributed by atoms with Crippen molar-refractivity contribution in [2.24, 2.45) is 5.92 Å². The first-order valence-electron chi connectivity index (χ1n) is 8.71. The lowest BCUT2D eigenvalue weighted by atomic mass is 9.88. The molecule has 1 aliphatic rings. The van der Waals surface area contributed by atoms with E-state index in [0.717, 1.165) is 6.42 Å². The number of hydrogen-bond acceptors (Lipinski definition) is 4. The van der Waals surface area contributed by atoms with Crippen LogP contribution in [0.3, 0.4) is 0 Å². The zero-order valence-electron chi connectivity index (χ0n) is 14.3. The molecule has 134 valence electrons. The summed E-state index contributed by atoms with van der Waals surface area (Å²) in [4.78, 5) is 29.5. The first-order chi connectivity index (χ1) is 12.0. The molecule has 1 heterocycles. The van der Waals surface area contributed by atoms with Crippen molar-refractivity contribution in [3.63, 3.8) is 0 Å². The van der Waals surface area contributed by atoms with E-state index in [0.29, 0.717) is 41.6 Å². The number of nitrogens with one attached hydrogen (secondary N) is 3. The zero-order chi connectivity index (χ0) is 17.8. The summed E-state index contributed by atoms with van der Waals surface area (Å²) in [5.74, 6) is 0.396. The molecule has 1 aromatic heterocycles. The lowest BCUT2D eigenvalue weighted by molar-refractivity contribution is -0.00293. The van der Waals surface area contributed by atoms with E-state index in [4.69, 9.17) is 17.0 Å². The van der Waals surface area contributed by atoms with E-state index in [-0.39, 0.29) is 16.2 Å². The van der Waals surface area contributed by atoms with Crippen molar-refractivity contribution in [1.82, 2.24) is 15.3 Å². The highest BCUT2D eigenvalue weighted by atomic mass is 32.1. The number of carbonyl (C=O) groups excluding carboxylic acids is 1. The van der Waals surface area contributed by atoms with Crippen LogP contribution in [0.25, 0.3) is 10.9 Å². The first-order valence-corrected chi connectivity index (χ1v) is 9.11. The van der Waals surface area contributed by atoms with E-state index in [1.165, 1.54) is 19.3 Å². The standard InChI is InChI=1S/C18H23N3O3S/c1-11-4-2-3-5-15(11)24-9-8-19-16(22)12-6-7-13-14(10-12)20-18(25)21-17(13)23/h6-7,10-11,15H,2-5,8-9H2,1H3,(H,19,22)(H2,20,21,23,25)/t11-,15-/m0/s1. The summed E-state index contributed by atoms with van der Waals surface area (Å²) in [5.41, 5.74) is 0.768. The van der Waals surface area contributed by atoms with Gasteiger partial charge in [0.1, 0.15) is 0 Å². The Morgan fingerprint density at radius 3 is 2.92 bits per heavy atom. The highest BCUT2D eigenvalue weighted by Gasteiger charge is 2.21. The summed E-state index contributed by atoms with van der Waals surface area (Å²) in [6.45, 7) is 3.20. The van der Waals surface area contributed by atoms with Gasteiger partial charge in [0, 0.05) is 12.1 Å². The van der Waals surface area contributed by atoms with Crippen molar-refractivity contribution in [1.29, 1.82) is 0 Å². The van der Waals surface area contributed by atoms with Gasteiger partial charge in [-0.15, -0.1) is 0 Å². The summed E-state index contributed by atoms with van der Waals surface area (Å²) in [5, 5.41) is 3.33. The van der Waals surface area contributed by atoms with E-state index >= 15 is 0 Å². The van der Waals surface area contributed by atoms with Crippen molar-refractivity contribution >= 4 is 29.0 Å². The molecule has 7 heteroatoms. The van der Waals surface area contributed by atoms with Crippen LogP contribution in [0, 0.1) is 10.7 Å². The van der Waals surface area contributed by atoms with Gasteiger partial charge in [0.2, 0.25) is 0 Å². The maximum absolute atomic E-state index is 12.3. The minimum atomic E-state index is -0.263. The Bertz CT molecular complexity index is 874. The van der Waals surface area contributed by atoms with Gasteiger partial charge in [-0.25, -0.2) is 0 Å². The van der Waals surface area contributed by atoms with Crippen LogP contribution < -0.4 is 10.9 Å². The summed E-state index contributed by atoms with van der Waals surface area (Å²) in [7, 11) is 0. The Morgan fingerprint density at radius 1 is 1.32 bits per heavy atom. The van der Waals surface area contributed by atoms with Crippen LogP contribution in [0.15, 0.2) is 23.0 Å². The maximum Gasteiger partial charge on any atom is 0.259 e. The number of fused-ring (bicyclic) bond motifs is 1. The Labute approximate surface area is 151 Å². The number of aromatic amines is 2. The molecular weight excluding hydrogens is 338 g/mol. The average Bonchev–Trinajstić information content (AvgIpc) is 2.59. The topological polar surface area (TPSA) is 87.0 Å². The van der Waals surface area contributed by atoms with Crippen LogP contribution in [-0.4, -0.2) is 35.1 Å². The van der Waals surface area contributed by atoms with Gasteiger partial charge in [-0.1, -0.05) is 19.8 Å². The number of ether oxygens (including phenoxy) is 1. The third-order valence-electron chi connectivity index (χ3n) is 4.75. The third kappa shape index (κ3) is 4.35. The van der Waals surface area contributed by atoms with Crippen molar-refractivity contribution in [2.75, 3.05) is 13.2 Å². The fraction of sp³-hybridized carbons (Fsp3) is 0.500. The number of hydrogen-bond donors (Lipinski definition) is 3. The third-order valence-corrected chi connectivity index (χ3v) is 4.96. The molecule has 0 spiro atoms. The van der Waals surface area contributed by atoms with Crippen molar-refractivity contribution in [2.45, 2.75) is 38.7 Å². The molecule has 0 radical (unpaired) electrons. The molecule has 2 atom stereocenters. The van der Waals surface area contributed by atoms with Crippen molar-refractivity contribution in [3.8, 4) is 0 Å². The second-order valence-electron chi connectivity index (χ2n) is 6.60. The SMILES string of the molecule is C[C@H]1CCCC[C@@H]1OCCNC(=O)c1ccc2c(=O)[nH]c(=S)[nH]c2c1. The quantitative estimate of drug-likeness (QED) is 0.564. The van der Waals surface area contributed by atoms with Crippen LogP contribution in [0.2, 0.25) is 0 Å². The summed E-state index contributed by atoms with van der Waals surface area (Å²) in [6.07, 6.45) is 5.13. The molecule has 0 unspecified atom stereocenters. The Morgan fingerprint density at radius 2 is 2.12 bits per heavy atom. The molecule has 1 aliphatic carbocycles. The molecule has 1 aromatic carbocycles. The van der Waals surface area contributed by atoms with Gasteiger partial charge in [-0.05, 0) is 49.2 Å². The predicted molar refractivity (Wildman–Crippen MR) is 99.5 cm³/mol. The maximum atomic E-state index is 12.3. The first kappa shape index (κ1) is 17.8. The normalized spacial score (nSPS) is 20.5. The minimum Gasteiger partial charge on any atom is -0.376 e. The molecular formula is C18H23N3O3S. The van der Waals surface area contributed by atoms with Crippen molar-refractivity contribution in [3.05, 3.63) is 38.9 Å². The van der Waals surface area contributed by atoms with Gasteiger partial charge >= 0.3 is 0 Å². The molecule has 2 aromatic rings. The van der Waals surface area contributed by atoms with E-state index in [1.54, 1.807) is 18.2 Å². The number of H-pyrrole nitrogens is 2. The molecule has 0 bridgehead atoms. The number of aromatic nitrogens is 2. The number of rotatable bonds is 5. The molecule has 1 fully saturated rings. The van der Waals surface area contributed by atoms with Gasteiger partial charge in [0.05, 0.1) is 23.6 Å². The van der Waals surface area contributed by atoms with Gasteiger partial charge in [-0.2, -0.15) is 0 Å². The highest BCUT2D eigenvalue weighted by molar-refractivity contribution is 7.71. The lowest BCUT2D eigenvalue weighted by Crippen LogP contribution is -2.31. The number of carbonyl (C=O) groups is 1.